The Balaban J connectivity index is 2.04. The van der Waals surface area contributed by atoms with E-state index >= 15 is 0 Å². The van der Waals surface area contributed by atoms with E-state index in [1.807, 2.05) is 18.2 Å². The molecule has 1 aliphatic heterocycles. The van der Waals surface area contributed by atoms with E-state index in [2.05, 4.69) is 17.2 Å². The summed E-state index contributed by atoms with van der Waals surface area (Å²) >= 11 is 5.92. The van der Waals surface area contributed by atoms with E-state index < -0.39 is 0 Å². The van der Waals surface area contributed by atoms with Crippen LogP contribution in [0.25, 0.3) is 11.1 Å². The number of nitrogens with zero attached hydrogens (tertiary/aromatic N) is 1. The van der Waals surface area contributed by atoms with Crippen molar-refractivity contribution in [3.63, 3.8) is 0 Å². The highest BCUT2D eigenvalue weighted by molar-refractivity contribution is 6.31. The van der Waals surface area contributed by atoms with Crippen LogP contribution in [0.5, 0.6) is 0 Å². The molecule has 0 amide bonds. The molecule has 1 aromatic heterocycles. The van der Waals surface area contributed by atoms with E-state index in [1.54, 1.807) is 0 Å². The Morgan fingerprint density at radius 2 is 2.38 bits per heavy atom. The van der Waals surface area contributed by atoms with Crippen LogP contribution in [0.3, 0.4) is 0 Å². The van der Waals surface area contributed by atoms with Crippen LogP contribution in [0, 0.1) is 0 Å². The molecule has 1 aromatic carbocycles. The molecule has 0 saturated carbocycles. The molecule has 84 valence electrons. The smallest absolute Gasteiger partial charge is 0.200 e. The van der Waals surface area contributed by atoms with Gasteiger partial charge in [0.1, 0.15) is 5.52 Å². The normalized spacial score (nSPS) is 25.4. The number of benzene rings is 1. The summed E-state index contributed by atoms with van der Waals surface area (Å²) in [6.07, 6.45) is 1.09. The summed E-state index contributed by atoms with van der Waals surface area (Å²) in [5.41, 5.74) is 1.67. The molecule has 0 aliphatic carbocycles. The molecule has 2 aromatic rings. The molecule has 0 radical (unpaired) electrons. The van der Waals surface area contributed by atoms with Crippen molar-refractivity contribution >= 4 is 22.7 Å². The molecule has 3 rings (SSSR count). The molecule has 3 nitrogen and oxygen atoms in total. The van der Waals surface area contributed by atoms with Gasteiger partial charge in [-0.05, 0) is 38.1 Å². The van der Waals surface area contributed by atoms with Gasteiger partial charge >= 0.3 is 0 Å². The van der Waals surface area contributed by atoms with Gasteiger partial charge in [0.05, 0.1) is 5.92 Å². The van der Waals surface area contributed by atoms with Crippen LogP contribution < -0.4 is 5.32 Å². The highest BCUT2D eigenvalue weighted by atomic mass is 35.5. The molecule has 0 spiro atoms. The number of aromatic nitrogens is 1. The number of rotatable bonds is 1. The van der Waals surface area contributed by atoms with Crippen molar-refractivity contribution in [2.45, 2.75) is 25.3 Å². The highest BCUT2D eigenvalue weighted by Gasteiger charge is 2.28. The van der Waals surface area contributed by atoms with Gasteiger partial charge in [0, 0.05) is 11.1 Å². The molecule has 2 atom stereocenters. The van der Waals surface area contributed by atoms with E-state index in [0.717, 1.165) is 30.0 Å². The molecule has 2 unspecified atom stereocenters. The summed E-state index contributed by atoms with van der Waals surface area (Å²) in [6.45, 7) is 3.20. The van der Waals surface area contributed by atoms with E-state index in [9.17, 15) is 0 Å². The Hall–Kier alpha value is -1.06. The van der Waals surface area contributed by atoms with E-state index in [0.29, 0.717) is 17.0 Å². The zero-order chi connectivity index (χ0) is 11.1. The van der Waals surface area contributed by atoms with Crippen LogP contribution in [0.15, 0.2) is 22.6 Å². The average molecular weight is 237 g/mol. The molecular formula is C12H13ClN2O. The molecule has 1 aliphatic rings. The third kappa shape index (κ3) is 1.60. The fraction of sp³-hybridized carbons (Fsp3) is 0.417. The quantitative estimate of drug-likeness (QED) is 0.827. The van der Waals surface area contributed by atoms with Crippen LogP contribution in [0.1, 0.15) is 25.2 Å². The van der Waals surface area contributed by atoms with Crippen molar-refractivity contribution in [3.05, 3.63) is 29.1 Å². The molecule has 1 fully saturated rings. The standard InChI is InChI=1S/C12H13ClN2O/c1-7-9(4-5-14-7)12-15-10-6-8(13)2-3-11(10)16-12/h2-3,6-7,9,14H,4-5H2,1H3. The first-order chi connectivity index (χ1) is 7.74. The Kier molecular flexibility index (Phi) is 2.37. The molecule has 0 bridgehead atoms. The lowest BCUT2D eigenvalue weighted by molar-refractivity contribution is 0.447. The Morgan fingerprint density at radius 1 is 1.50 bits per heavy atom. The van der Waals surface area contributed by atoms with E-state index in [-0.39, 0.29) is 0 Å². The van der Waals surface area contributed by atoms with Gasteiger partial charge < -0.3 is 9.73 Å². The minimum atomic E-state index is 0.381. The van der Waals surface area contributed by atoms with E-state index in [1.165, 1.54) is 0 Å². The van der Waals surface area contributed by atoms with Gasteiger partial charge in [-0.1, -0.05) is 11.6 Å². The first kappa shape index (κ1) is 10.1. The molecule has 4 heteroatoms. The minimum Gasteiger partial charge on any atom is -0.440 e. The van der Waals surface area contributed by atoms with Gasteiger partial charge in [-0.15, -0.1) is 0 Å². The van der Waals surface area contributed by atoms with Crippen LogP contribution in [-0.4, -0.2) is 17.6 Å². The number of hydrogen-bond acceptors (Lipinski definition) is 3. The van der Waals surface area contributed by atoms with Crippen molar-refractivity contribution < 1.29 is 4.42 Å². The van der Waals surface area contributed by atoms with Crippen LogP contribution >= 0.6 is 11.6 Å². The maximum Gasteiger partial charge on any atom is 0.200 e. The lowest BCUT2D eigenvalue weighted by Gasteiger charge is -2.09. The van der Waals surface area contributed by atoms with Gasteiger partial charge in [0.25, 0.3) is 0 Å². The number of fused-ring (bicyclic) bond motifs is 1. The van der Waals surface area contributed by atoms with Gasteiger partial charge in [-0.2, -0.15) is 0 Å². The molecular weight excluding hydrogens is 224 g/mol. The van der Waals surface area contributed by atoms with Crippen molar-refractivity contribution in [1.82, 2.24) is 10.3 Å². The van der Waals surface area contributed by atoms with Crippen molar-refractivity contribution in [3.8, 4) is 0 Å². The molecule has 1 N–H and O–H groups in total. The Labute approximate surface area is 98.8 Å². The number of oxazole rings is 1. The second-order valence-electron chi connectivity index (χ2n) is 4.30. The fourth-order valence-corrected chi connectivity index (χ4v) is 2.44. The van der Waals surface area contributed by atoms with Crippen LogP contribution in [0.2, 0.25) is 5.02 Å². The average Bonchev–Trinajstić information content (AvgIpc) is 2.82. The van der Waals surface area contributed by atoms with Gasteiger partial charge in [-0.25, -0.2) is 4.98 Å². The summed E-state index contributed by atoms with van der Waals surface area (Å²) in [5, 5.41) is 4.10. The molecule has 1 saturated heterocycles. The van der Waals surface area contributed by atoms with Crippen molar-refractivity contribution in [2.24, 2.45) is 0 Å². The lowest BCUT2D eigenvalue weighted by atomic mass is 10.0. The zero-order valence-electron chi connectivity index (χ0n) is 9.03. The van der Waals surface area contributed by atoms with E-state index in [4.69, 9.17) is 16.0 Å². The SMILES string of the molecule is CC1NCCC1c1nc2cc(Cl)ccc2o1. The summed E-state index contributed by atoms with van der Waals surface area (Å²) < 4.78 is 5.77. The van der Waals surface area contributed by atoms with Crippen molar-refractivity contribution in [1.29, 1.82) is 0 Å². The number of hydrogen-bond donors (Lipinski definition) is 1. The summed E-state index contributed by atoms with van der Waals surface area (Å²) in [5.74, 6) is 1.21. The monoisotopic (exact) mass is 236 g/mol. The Bertz CT molecular complexity index is 523. The van der Waals surface area contributed by atoms with Crippen LogP contribution in [0.4, 0.5) is 0 Å². The number of nitrogens with one attached hydrogen (secondary N) is 1. The molecule has 16 heavy (non-hydrogen) atoms. The summed E-state index contributed by atoms with van der Waals surface area (Å²) in [7, 11) is 0. The number of halogens is 1. The summed E-state index contributed by atoms with van der Waals surface area (Å²) in [4.78, 5) is 4.51. The fourth-order valence-electron chi connectivity index (χ4n) is 2.27. The topological polar surface area (TPSA) is 38.1 Å². The predicted molar refractivity (Wildman–Crippen MR) is 63.8 cm³/mol. The molecule has 2 heterocycles. The van der Waals surface area contributed by atoms with Gasteiger partial charge in [0.2, 0.25) is 0 Å². The Morgan fingerprint density at radius 3 is 3.12 bits per heavy atom. The zero-order valence-corrected chi connectivity index (χ0v) is 9.79. The summed E-state index contributed by atoms with van der Waals surface area (Å²) in [6, 6.07) is 5.98. The highest BCUT2D eigenvalue weighted by Crippen LogP contribution is 2.30. The second-order valence-corrected chi connectivity index (χ2v) is 4.74. The minimum absolute atomic E-state index is 0.381. The maximum absolute atomic E-state index is 5.92. The third-order valence-corrected chi connectivity index (χ3v) is 3.44. The largest absolute Gasteiger partial charge is 0.440 e. The first-order valence-electron chi connectivity index (χ1n) is 5.53. The maximum atomic E-state index is 5.92. The third-order valence-electron chi connectivity index (χ3n) is 3.21. The second kappa shape index (κ2) is 3.75. The van der Waals surface area contributed by atoms with Crippen LogP contribution in [-0.2, 0) is 0 Å². The van der Waals surface area contributed by atoms with Gasteiger partial charge in [0.15, 0.2) is 11.5 Å². The lowest BCUT2D eigenvalue weighted by Crippen LogP contribution is -2.21. The first-order valence-corrected chi connectivity index (χ1v) is 5.91. The van der Waals surface area contributed by atoms with Gasteiger partial charge in [-0.3, -0.25) is 0 Å². The predicted octanol–water partition coefficient (Wildman–Crippen LogP) is 2.95. The van der Waals surface area contributed by atoms with Crippen molar-refractivity contribution in [2.75, 3.05) is 6.54 Å².